The fourth-order valence-electron chi connectivity index (χ4n) is 1.49. The summed E-state index contributed by atoms with van der Waals surface area (Å²) < 4.78 is 1.14. The van der Waals surface area contributed by atoms with Crippen LogP contribution in [-0.2, 0) is 6.42 Å². The van der Waals surface area contributed by atoms with Crippen molar-refractivity contribution in [3.05, 3.63) is 49.5 Å². The van der Waals surface area contributed by atoms with E-state index in [9.17, 15) is 5.11 Å². The largest absolute Gasteiger partial charge is 0.388 e. The number of aliphatic hydroxyl groups excluding tert-OH is 1. The molecule has 0 fully saturated rings. The van der Waals surface area contributed by atoms with Gasteiger partial charge in [-0.15, -0.1) is 11.3 Å². The zero-order valence-corrected chi connectivity index (χ0v) is 11.8. The predicted molar refractivity (Wildman–Crippen MR) is 74.7 cm³/mol. The molecule has 2 aromatic rings. The van der Waals surface area contributed by atoms with E-state index in [-0.39, 0.29) is 0 Å². The van der Waals surface area contributed by atoms with E-state index in [0.29, 0.717) is 6.42 Å². The molecule has 2 nitrogen and oxygen atoms in total. The second-order valence-corrected chi connectivity index (χ2v) is 5.85. The molecule has 84 valence electrons. The number of aryl methyl sites for hydroxylation is 1. The summed E-state index contributed by atoms with van der Waals surface area (Å²) in [4.78, 5) is 4.36. The summed E-state index contributed by atoms with van der Waals surface area (Å²) >= 11 is 3.85. The standard InChI is InChI=1S/C12H12INOS/c1-8-7-16-12(14-8)6-11(15)9-3-2-4-10(13)5-9/h2-5,7,11,15H,6H2,1H3. The highest BCUT2D eigenvalue weighted by molar-refractivity contribution is 14.1. The van der Waals surface area contributed by atoms with Crippen LogP contribution >= 0.6 is 33.9 Å². The molecule has 1 atom stereocenters. The van der Waals surface area contributed by atoms with Gasteiger partial charge >= 0.3 is 0 Å². The molecule has 0 saturated heterocycles. The quantitative estimate of drug-likeness (QED) is 0.866. The minimum atomic E-state index is -0.458. The normalized spacial score (nSPS) is 12.7. The van der Waals surface area contributed by atoms with Crippen LogP contribution in [0.25, 0.3) is 0 Å². The van der Waals surface area contributed by atoms with E-state index in [2.05, 4.69) is 27.6 Å². The lowest BCUT2D eigenvalue weighted by molar-refractivity contribution is 0.178. The maximum absolute atomic E-state index is 10.1. The lowest BCUT2D eigenvalue weighted by Crippen LogP contribution is -2.01. The van der Waals surface area contributed by atoms with Crippen LogP contribution in [0.3, 0.4) is 0 Å². The Morgan fingerprint density at radius 3 is 2.94 bits per heavy atom. The Balaban J connectivity index is 2.11. The molecule has 1 aromatic carbocycles. The Hall–Kier alpha value is -0.460. The average molecular weight is 345 g/mol. The van der Waals surface area contributed by atoms with Crippen LogP contribution in [0.15, 0.2) is 29.6 Å². The zero-order chi connectivity index (χ0) is 11.5. The maximum Gasteiger partial charge on any atom is 0.0957 e. The Bertz CT molecular complexity index is 483. The molecular formula is C12H12INOS. The number of hydrogen-bond acceptors (Lipinski definition) is 3. The summed E-state index contributed by atoms with van der Waals surface area (Å²) in [6.45, 7) is 1.97. The first-order chi connectivity index (χ1) is 7.65. The molecule has 0 bridgehead atoms. The summed E-state index contributed by atoms with van der Waals surface area (Å²) in [5, 5.41) is 13.1. The van der Waals surface area contributed by atoms with E-state index in [1.807, 2.05) is 36.6 Å². The van der Waals surface area contributed by atoms with Crippen molar-refractivity contribution in [2.24, 2.45) is 0 Å². The van der Waals surface area contributed by atoms with E-state index < -0.39 is 6.10 Å². The summed E-state index contributed by atoms with van der Waals surface area (Å²) in [5.41, 5.74) is 1.98. The minimum absolute atomic E-state index is 0.458. The highest BCUT2D eigenvalue weighted by Gasteiger charge is 2.10. The van der Waals surface area contributed by atoms with Gasteiger partial charge in [0.1, 0.15) is 0 Å². The number of nitrogens with zero attached hydrogens (tertiary/aromatic N) is 1. The molecule has 0 saturated carbocycles. The Morgan fingerprint density at radius 2 is 2.31 bits per heavy atom. The molecule has 16 heavy (non-hydrogen) atoms. The van der Waals surface area contributed by atoms with Gasteiger partial charge in [0.25, 0.3) is 0 Å². The summed E-state index contributed by atoms with van der Waals surface area (Å²) in [7, 11) is 0. The van der Waals surface area contributed by atoms with Crippen LogP contribution in [0.4, 0.5) is 0 Å². The topological polar surface area (TPSA) is 33.1 Å². The molecule has 1 heterocycles. The van der Waals surface area contributed by atoms with Crippen molar-refractivity contribution in [3.8, 4) is 0 Å². The van der Waals surface area contributed by atoms with Gasteiger partial charge in [0.05, 0.1) is 11.1 Å². The number of aliphatic hydroxyl groups is 1. The van der Waals surface area contributed by atoms with E-state index in [1.54, 1.807) is 11.3 Å². The molecule has 0 radical (unpaired) electrons. The second-order valence-electron chi connectivity index (χ2n) is 3.66. The molecule has 0 amide bonds. The highest BCUT2D eigenvalue weighted by atomic mass is 127. The van der Waals surface area contributed by atoms with Gasteiger partial charge in [-0.1, -0.05) is 12.1 Å². The average Bonchev–Trinajstić information content (AvgIpc) is 2.64. The van der Waals surface area contributed by atoms with E-state index in [1.165, 1.54) is 0 Å². The number of benzene rings is 1. The van der Waals surface area contributed by atoms with Crippen molar-refractivity contribution in [2.75, 3.05) is 0 Å². The van der Waals surface area contributed by atoms with Crippen molar-refractivity contribution >= 4 is 33.9 Å². The maximum atomic E-state index is 10.1. The number of aromatic nitrogens is 1. The van der Waals surface area contributed by atoms with Crippen LogP contribution in [0.1, 0.15) is 22.4 Å². The van der Waals surface area contributed by atoms with Crippen molar-refractivity contribution < 1.29 is 5.11 Å². The molecule has 0 aliphatic rings. The highest BCUT2D eigenvalue weighted by Crippen LogP contribution is 2.21. The molecular weight excluding hydrogens is 333 g/mol. The van der Waals surface area contributed by atoms with Crippen LogP contribution in [0.5, 0.6) is 0 Å². The van der Waals surface area contributed by atoms with Gasteiger partial charge < -0.3 is 5.11 Å². The summed E-state index contributed by atoms with van der Waals surface area (Å²) in [5.74, 6) is 0. The van der Waals surface area contributed by atoms with Gasteiger partial charge in [-0.3, -0.25) is 0 Å². The third-order valence-electron chi connectivity index (χ3n) is 2.27. The first-order valence-corrected chi connectivity index (χ1v) is 6.95. The van der Waals surface area contributed by atoms with Crippen molar-refractivity contribution in [3.63, 3.8) is 0 Å². The second kappa shape index (κ2) is 5.25. The van der Waals surface area contributed by atoms with E-state index in [0.717, 1.165) is 19.8 Å². The molecule has 1 unspecified atom stereocenters. The number of hydrogen-bond donors (Lipinski definition) is 1. The molecule has 0 spiro atoms. The van der Waals surface area contributed by atoms with Gasteiger partial charge in [-0.25, -0.2) is 4.98 Å². The third kappa shape index (κ3) is 3.02. The van der Waals surface area contributed by atoms with Crippen LogP contribution in [-0.4, -0.2) is 10.1 Å². The SMILES string of the molecule is Cc1csc(CC(O)c2cccc(I)c2)n1. The van der Waals surface area contributed by atoms with E-state index >= 15 is 0 Å². The van der Waals surface area contributed by atoms with Crippen molar-refractivity contribution in [1.82, 2.24) is 4.98 Å². The van der Waals surface area contributed by atoms with Crippen molar-refractivity contribution in [2.45, 2.75) is 19.4 Å². The molecule has 1 N–H and O–H groups in total. The summed E-state index contributed by atoms with van der Waals surface area (Å²) in [6, 6.07) is 7.94. The fraction of sp³-hybridized carbons (Fsp3) is 0.250. The molecule has 0 aliphatic heterocycles. The van der Waals surface area contributed by atoms with Crippen LogP contribution < -0.4 is 0 Å². The lowest BCUT2D eigenvalue weighted by atomic mass is 10.1. The molecule has 1 aromatic heterocycles. The van der Waals surface area contributed by atoms with Crippen LogP contribution in [0.2, 0.25) is 0 Å². The van der Waals surface area contributed by atoms with Crippen LogP contribution in [0, 0.1) is 10.5 Å². The van der Waals surface area contributed by atoms with Gasteiger partial charge in [0.15, 0.2) is 0 Å². The Kier molecular flexibility index (Phi) is 3.94. The third-order valence-corrected chi connectivity index (χ3v) is 3.93. The Labute approximate surface area is 112 Å². The van der Waals surface area contributed by atoms with Gasteiger partial charge in [-0.05, 0) is 47.2 Å². The smallest absolute Gasteiger partial charge is 0.0957 e. The van der Waals surface area contributed by atoms with Gasteiger partial charge in [-0.2, -0.15) is 0 Å². The predicted octanol–water partition coefficient (Wildman–Crippen LogP) is 3.33. The van der Waals surface area contributed by atoms with Gasteiger partial charge in [0.2, 0.25) is 0 Å². The van der Waals surface area contributed by atoms with Crippen molar-refractivity contribution in [1.29, 1.82) is 0 Å². The zero-order valence-electron chi connectivity index (χ0n) is 8.85. The first-order valence-electron chi connectivity index (χ1n) is 4.99. The fourth-order valence-corrected chi connectivity index (χ4v) is 2.87. The molecule has 4 heteroatoms. The summed E-state index contributed by atoms with van der Waals surface area (Å²) in [6.07, 6.45) is 0.138. The first kappa shape index (κ1) is 12.0. The lowest BCUT2D eigenvalue weighted by Gasteiger charge is -2.09. The minimum Gasteiger partial charge on any atom is -0.388 e. The number of thiazole rings is 1. The van der Waals surface area contributed by atoms with Gasteiger partial charge in [0, 0.05) is 21.1 Å². The van der Waals surface area contributed by atoms with E-state index in [4.69, 9.17) is 0 Å². The monoisotopic (exact) mass is 345 g/mol. The number of rotatable bonds is 3. The molecule has 2 rings (SSSR count). The Morgan fingerprint density at radius 1 is 1.50 bits per heavy atom. The number of halogens is 1. The molecule has 0 aliphatic carbocycles.